The molecule has 0 aliphatic rings. The van der Waals surface area contributed by atoms with E-state index in [9.17, 15) is 134 Å². The first kappa shape index (κ1) is 54.9. The molecular weight excluding hydrogens is 787 g/mol. The van der Waals surface area contributed by atoms with Crippen LogP contribution in [0.4, 0.5) is 119 Å². The van der Waals surface area contributed by atoms with Gasteiger partial charge in [-0.25, -0.2) is 0 Å². The van der Waals surface area contributed by atoms with Gasteiger partial charge in [0.15, 0.2) is 0 Å². The largest absolute Gasteiger partial charge is 3.00 e. The van der Waals surface area contributed by atoms with Crippen LogP contribution in [0, 0.1) is 16.2 Å². The molecule has 0 aliphatic carbocycles. The quantitative estimate of drug-likeness (QED) is 0.327. The Labute approximate surface area is 248 Å². The van der Waals surface area contributed by atoms with Gasteiger partial charge in [0, 0.05) is 0 Å². The maximum Gasteiger partial charge on any atom is 3.00 e. The Morgan fingerprint density at radius 3 is 0.298 bits per heavy atom. The van der Waals surface area contributed by atoms with Crippen molar-refractivity contribution >= 4 is 17.4 Å². The van der Waals surface area contributed by atoms with Gasteiger partial charge in [0.2, 0.25) is 16.2 Å². The minimum absolute atomic E-state index is 0. The fourth-order valence-corrected chi connectivity index (χ4v) is 2.18. The molecule has 0 fully saturated rings. The maximum atomic E-state index is 11.7. The summed E-state index contributed by atoms with van der Waals surface area (Å²) in [6.07, 6.45) is -60.6. The summed E-state index contributed by atoms with van der Waals surface area (Å²) < 4.78 is 317. The molecule has 0 aromatic rings. The van der Waals surface area contributed by atoms with E-state index in [1.54, 1.807) is 0 Å². The zero-order chi connectivity index (χ0) is 38.1. The van der Waals surface area contributed by atoms with Crippen LogP contribution in [0.5, 0.6) is 0 Å². The average Bonchev–Trinajstić information content (AvgIpc) is 2.60. The summed E-state index contributed by atoms with van der Waals surface area (Å²) in [5, 5.41) is 29.2. The van der Waals surface area contributed by atoms with Crippen LogP contribution in [0.25, 0.3) is 0 Å². The van der Waals surface area contributed by atoms with E-state index in [0.29, 0.717) is 0 Å². The second kappa shape index (κ2) is 15.6. The maximum absolute atomic E-state index is 11.7. The summed E-state index contributed by atoms with van der Waals surface area (Å²) in [6.45, 7) is -10.2. The van der Waals surface area contributed by atoms with Crippen molar-refractivity contribution < 1.29 is 139 Å². The summed E-state index contributed by atoms with van der Waals surface area (Å²) in [6, 6.07) is 0. The normalized spacial score (nSPS) is 14.9. The van der Waals surface area contributed by atoms with E-state index in [1.807, 2.05) is 0 Å². The van der Waals surface area contributed by atoms with Gasteiger partial charge in [-0.05, 0) is 0 Å². The van der Waals surface area contributed by atoms with Crippen molar-refractivity contribution in [3.05, 3.63) is 0 Å². The number of hydrogen-bond acceptors (Lipinski definition) is 3. The van der Waals surface area contributed by atoms with E-state index in [1.165, 1.54) is 0 Å². The zero-order valence-electron chi connectivity index (χ0n) is 20.5. The minimum atomic E-state index is -6.73. The molecule has 0 aromatic heterocycles. The molecule has 0 amide bonds. The van der Waals surface area contributed by atoms with Crippen LogP contribution in [-0.2, 0) is 0 Å². The second-order valence-electron chi connectivity index (χ2n) is 7.63. The molecule has 47 heavy (non-hydrogen) atoms. The van der Waals surface area contributed by atoms with Crippen molar-refractivity contribution in [1.29, 1.82) is 0 Å². The van der Waals surface area contributed by atoms with Crippen LogP contribution >= 0.6 is 0 Å². The molecule has 0 N–H and O–H groups in total. The van der Waals surface area contributed by atoms with Crippen LogP contribution in [-0.4, -0.2) is 92.8 Å². The molecule has 0 aliphatic heterocycles. The molecule has 0 aromatic carbocycles. The summed E-state index contributed by atoms with van der Waals surface area (Å²) in [5.74, 6) is 0. The van der Waals surface area contributed by atoms with Crippen molar-refractivity contribution in [2.24, 2.45) is 16.2 Å². The molecule has 0 bridgehead atoms. The molecule has 0 heterocycles. The van der Waals surface area contributed by atoms with Crippen molar-refractivity contribution in [3.8, 4) is 0 Å². The van der Waals surface area contributed by atoms with Crippen molar-refractivity contribution in [1.82, 2.24) is 0 Å². The van der Waals surface area contributed by atoms with Crippen LogP contribution in [0.3, 0.4) is 0 Å². The third-order valence-corrected chi connectivity index (χ3v) is 5.00. The minimum Gasteiger partial charge on any atom is -1.00 e. The molecule has 0 spiro atoms. The topological polar surface area (TPSA) is 69.2 Å². The molecule has 0 rings (SSSR count). The van der Waals surface area contributed by atoms with E-state index in [0.717, 1.165) is 0 Å². The monoisotopic (exact) mass is 793 g/mol. The summed E-state index contributed by atoms with van der Waals surface area (Å²) >= 11 is 0. The number of hydrogen-bond donors (Lipinski definition) is 0. The Morgan fingerprint density at radius 2 is 0.298 bits per heavy atom. The van der Waals surface area contributed by atoms with Gasteiger partial charge in [0.25, 0.3) is 0 Å². The molecule has 3 nitrogen and oxygen atoms in total. The molecule has 284 valence electrons. The second-order valence-corrected chi connectivity index (χ2v) is 7.63. The predicted molar refractivity (Wildman–Crippen MR) is 82.1 cm³/mol. The molecule has 0 atom stereocenters. The Hall–Kier alpha value is -1.55. The summed E-state index contributed by atoms with van der Waals surface area (Å²) in [7, 11) is 0. The van der Waals surface area contributed by atoms with Crippen LogP contribution in [0.15, 0.2) is 0 Å². The Bertz CT molecular complexity index is 679. The predicted octanol–water partition coefficient (Wildman–Crippen LogP) is 2.68. The number of halogens is 28. The summed E-state index contributed by atoms with van der Waals surface area (Å²) in [4.78, 5) is 0. The molecule has 0 saturated heterocycles. The number of rotatable bonds is 3. The van der Waals surface area contributed by atoms with E-state index >= 15 is 0 Å². The Balaban J connectivity index is -0.000000184. The van der Waals surface area contributed by atoms with Gasteiger partial charge in [-0.3, -0.25) is 0 Å². The van der Waals surface area contributed by atoms with Crippen molar-refractivity contribution in [2.45, 2.75) is 55.6 Å². The van der Waals surface area contributed by atoms with Gasteiger partial charge in [0.05, 0.1) is 0 Å². The van der Waals surface area contributed by atoms with E-state index < -0.39 is 91.7 Å². The van der Waals surface area contributed by atoms with Gasteiger partial charge in [-0.15, -0.1) is 19.8 Å². The van der Waals surface area contributed by atoms with Crippen LogP contribution < -0.4 is 20.0 Å². The van der Waals surface area contributed by atoms with Gasteiger partial charge in [-0.1, -0.05) is 0 Å². The fourth-order valence-electron chi connectivity index (χ4n) is 2.18. The first-order valence-electron chi connectivity index (χ1n) is 9.28. The van der Waals surface area contributed by atoms with E-state index in [2.05, 4.69) is 0 Å². The molecule has 0 radical (unpaired) electrons. The Kier molecular flexibility index (Phi) is 18.2. The van der Waals surface area contributed by atoms with Crippen LogP contribution in [0.1, 0.15) is 0 Å². The first-order valence-corrected chi connectivity index (χ1v) is 9.28. The average molecular weight is 793 g/mol. The van der Waals surface area contributed by atoms with E-state index in [-0.39, 0.29) is 22.1 Å². The smallest absolute Gasteiger partial charge is 1.00 e. The SMILES string of the molecule is [Al+3].[F-].[O-]CC(C(F)(F)F)(C(F)(F)F)C(F)(F)F.[O-]CC(C(F)(F)F)(C(F)(F)F)C(F)(F)F.[O-]CC(C(F)(F)F)(C(F)(F)F)C(F)(F)F. The van der Waals surface area contributed by atoms with Crippen molar-refractivity contribution in [3.63, 3.8) is 0 Å². The first-order chi connectivity index (χ1) is 18.9. The zero-order valence-corrected chi connectivity index (χ0v) is 21.7. The third kappa shape index (κ3) is 10.2. The third-order valence-electron chi connectivity index (χ3n) is 5.00. The summed E-state index contributed by atoms with van der Waals surface area (Å²) in [5.41, 5.74) is -18.6. The fraction of sp³-hybridized carbons (Fsp3) is 1.00. The van der Waals surface area contributed by atoms with E-state index in [4.69, 9.17) is 0 Å². The standard InChI is InChI=1S/3C5H2F9O.Al.FH/c3*6-3(7,8)2(1-15,4(9,10)11)5(12,13)14;;/h3*1H2;;1H/q3*-1;+3;/p-1. The Morgan fingerprint density at radius 1 is 0.234 bits per heavy atom. The number of alkyl halides is 27. The van der Waals surface area contributed by atoms with Gasteiger partial charge < -0.3 is 20.0 Å². The molecule has 0 saturated carbocycles. The molecular formula is C15H6AlF28O3-. The van der Waals surface area contributed by atoms with Gasteiger partial charge >= 0.3 is 72.9 Å². The van der Waals surface area contributed by atoms with Crippen LogP contribution in [0.2, 0.25) is 0 Å². The van der Waals surface area contributed by atoms with Crippen molar-refractivity contribution in [2.75, 3.05) is 19.8 Å². The van der Waals surface area contributed by atoms with Gasteiger partial charge in [0.1, 0.15) is 0 Å². The molecule has 32 heteroatoms. The van der Waals surface area contributed by atoms with Gasteiger partial charge in [-0.2, -0.15) is 119 Å². The molecule has 0 unspecified atom stereocenters.